The first-order valence-electron chi connectivity index (χ1n) is 8.76. The molecule has 3 aromatic rings. The highest BCUT2D eigenvalue weighted by Gasteiger charge is 2.11. The van der Waals surface area contributed by atoms with E-state index in [0.29, 0.717) is 24.8 Å². The number of nitrogens with zero attached hydrogens (tertiary/aromatic N) is 1. The molecule has 0 atom stereocenters. The number of pyridine rings is 1. The summed E-state index contributed by atoms with van der Waals surface area (Å²) in [5.41, 5.74) is 1.65. The average molecular weight is 382 g/mol. The van der Waals surface area contributed by atoms with Crippen molar-refractivity contribution in [1.29, 1.82) is 0 Å². The first-order valence-corrected chi connectivity index (χ1v) is 9.57. The summed E-state index contributed by atoms with van der Waals surface area (Å²) >= 11 is 1.63. The van der Waals surface area contributed by atoms with Crippen LogP contribution in [0, 0.1) is 13.8 Å². The van der Waals surface area contributed by atoms with Gasteiger partial charge in [-0.25, -0.2) is 4.98 Å². The Labute approximate surface area is 163 Å². The fourth-order valence-corrected chi connectivity index (χ4v) is 3.56. The maximum atomic E-state index is 12.4. The van der Waals surface area contributed by atoms with E-state index in [1.54, 1.807) is 17.5 Å². The van der Waals surface area contributed by atoms with Crippen molar-refractivity contribution in [2.24, 2.45) is 0 Å². The summed E-state index contributed by atoms with van der Waals surface area (Å²) in [7, 11) is 0. The molecule has 5 nitrogen and oxygen atoms in total. The maximum Gasteiger partial charge on any atom is 0.252 e. The fourth-order valence-electron chi connectivity index (χ4n) is 2.64. The van der Waals surface area contributed by atoms with Gasteiger partial charge >= 0.3 is 0 Å². The van der Waals surface area contributed by atoms with Gasteiger partial charge in [-0.3, -0.25) is 4.79 Å². The van der Waals surface area contributed by atoms with Gasteiger partial charge in [-0.1, -0.05) is 0 Å². The number of hydrogen-bond acceptors (Lipinski definition) is 5. The summed E-state index contributed by atoms with van der Waals surface area (Å²) in [5, 5.41) is 2.95. The van der Waals surface area contributed by atoms with Crippen LogP contribution in [0.25, 0.3) is 0 Å². The van der Waals surface area contributed by atoms with Crippen LogP contribution in [0.5, 0.6) is 17.4 Å². The monoisotopic (exact) mass is 382 g/mol. The number of ether oxygens (including phenoxy) is 2. The molecule has 6 heteroatoms. The first kappa shape index (κ1) is 18.9. The Morgan fingerprint density at radius 3 is 2.52 bits per heavy atom. The molecular formula is C21H22N2O3S. The van der Waals surface area contributed by atoms with E-state index in [4.69, 9.17) is 9.47 Å². The Hall–Kier alpha value is -2.86. The molecule has 1 aromatic carbocycles. The van der Waals surface area contributed by atoms with Crippen LogP contribution < -0.4 is 14.8 Å². The zero-order valence-corrected chi connectivity index (χ0v) is 16.4. The fraction of sp³-hybridized carbons (Fsp3) is 0.238. The number of aryl methyl sites for hydroxylation is 2. The predicted molar refractivity (Wildman–Crippen MR) is 107 cm³/mol. The van der Waals surface area contributed by atoms with Gasteiger partial charge in [-0.2, -0.15) is 0 Å². The summed E-state index contributed by atoms with van der Waals surface area (Å²) in [6, 6.07) is 13.0. The molecule has 0 saturated heterocycles. The topological polar surface area (TPSA) is 60.5 Å². The standard InChI is InChI=1S/C21H22N2O3S/c1-4-25-17-5-7-18(8-6-17)26-20-12-16(9-10-22-20)13-23-21(24)19-11-14(2)27-15(19)3/h5-12H,4,13H2,1-3H3,(H,23,24). The zero-order chi connectivity index (χ0) is 19.2. The highest BCUT2D eigenvalue weighted by atomic mass is 32.1. The van der Waals surface area contributed by atoms with E-state index in [0.717, 1.165) is 26.6 Å². The summed E-state index contributed by atoms with van der Waals surface area (Å²) in [6.45, 7) is 6.94. The Morgan fingerprint density at radius 2 is 1.85 bits per heavy atom. The quantitative estimate of drug-likeness (QED) is 0.633. The van der Waals surface area contributed by atoms with Crippen LogP contribution in [0.3, 0.4) is 0 Å². The van der Waals surface area contributed by atoms with Crippen LogP contribution in [0.4, 0.5) is 0 Å². The van der Waals surface area contributed by atoms with E-state index in [1.165, 1.54) is 0 Å². The van der Waals surface area contributed by atoms with Crippen molar-refractivity contribution in [2.45, 2.75) is 27.3 Å². The number of aromatic nitrogens is 1. The maximum absolute atomic E-state index is 12.4. The summed E-state index contributed by atoms with van der Waals surface area (Å²) in [6.07, 6.45) is 1.67. The molecule has 2 aromatic heterocycles. The van der Waals surface area contributed by atoms with Gasteiger partial charge in [0, 0.05) is 28.6 Å². The van der Waals surface area contributed by atoms with Crippen LogP contribution in [-0.4, -0.2) is 17.5 Å². The number of nitrogens with one attached hydrogen (secondary N) is 1. The first-order chi connectivity index (χ1) is 13.0. The second kappa shape index (κ2) is 8.68. The Balaban J connectivity index is 1.61. The number of amides is 1. The molecule has 0 saturated carbocycles. The summed E-state index contributed by atoms with van der Waals surface area (Å²) in [4.78, 5) is 18.7. The normalized spacial score (nSPS) is 10.5. The number of carbonyl (C=O) groups excluding carboxylic acids is 1. The predicted octanol–water partition coefficient (Wildman–Crippen LogP) is 4.88. The average Bonchev–Trinajstić information content (AvgIpc) is 3.00. The van der Waals surface area contributed by atoms with Crippen molar-refractivity contribution in [1.82, 2.24) is 10.3 Å². The minimum Gasteiger partial charge on any atom is -0.494 e. The van der Waals surface area contributed by atoms with E-state index < -0.39 is 0 Å². The molecule has 0 aliphatic carbocycles. The molecule has 0 fully saturated rings. The Morgan fingerprint density at radius 1 is 1.11 bits per heavy atom. The highest BCUT2D eigenvalue weighted by Crippen LogP contribution is 2.23. The van der Waals surface area contributed by atoms with Gasteiger partial charge in [0.2, 0.25) is 5.88 Å². The highest BCUT2D eigenvalue weighted by molar-refractivity contribution is 7.12. The molecule has 0 unspecified atom stereocenters. The molecule has 2 heterocycles. The van der Waals surface area contributed by atoms with Crippen LogP contribution in [0.15, 0.2) is 48.7 Å². The number of benzene rings is 1. The van der Waals surface area contributed by atoms with Crippen molar-refractivity contribution >= 4 is 17.2 Å². The van der Waals surface area contributed by atoms with Crippen LogP contribution >= 0.6 is 11.3 Å². The molecule has 0 spiro atoms. The molecule has 0 aliphatic rings. The van der Waals surface area contributed by atoms with Gasteiger partial charge in [-0.05, 0) is 62.7 Å². The third-order valence-electron chi connectivity index (χ3n) is 3.90. The zero-order valence-electron chi connectivity index (χ0n) is 15.6. The molecule has 140 valence electrons. The number of carbonyl (C=O) groups is 1. The molecule has 0 aliphatic heterocycles. The number of thiophene rings is 1. The largest absolute Gasteiger partial charge is 0.494 e. The molecule has 0 bridgehead atoms. The lowest BCUT2D eigenvalue weighted by atomic mass is 10.2. The van der Waals surface area contributed by atoms with Gasteiger partial charge in [0.25, 0.3) is 5.91 Å². The van der Waals surface area contributed by atoms with Crippen LogP contribution in [0.2, 0.25) is 0 Å². The molecule has 1 N–H and O–H groups in total. The van der Waals surface area contributed by atoms with E-state index in [9.17, 15) is 4.79 Å². The van der Waals surface area contributed by atoms with E-state index >= 15 is 0 Å². The van der Waals surface area contributed by atoms with Gasteiger partial charge in [-0.15, -0.1) is 11.3 Å². The number of rotatable bonds is 7. The van der Waals surface area contributed by atoms with Crippen molar-refractivity contribution in [3.05, 3.63) is 69.5 Å². The van der Waals surface area contributed by atoms with Crippen molar-refractivity contribution in [3.8, 4) is 17.4 Å². The SMILES string of the molecule is CCOc1ccc(Oc2cc(CNC(=O)c3cc(C)sc3C)ccn2)cc1. The van der Waals surface area contributed by atoms with Crippen LogP contribution in [-0.2, 0) is 6.54 Å². The van der Waals surface area contributed by atoms with Crippen LogP contribution in [0.1, 0.15) is 32.6 Å². The molecule has 0 radical (unpaired) electrons. The summed E-state index contributed by atoms with van der Waals surface area (Å²) < 4.78 is 11.2. The third-order valence-corrected chi connectivity index (χ3v) is 4.86. The lowest BCUT2D eigenvalue weighted by Gasteiger charge is -2.09. The minimum atomic E-state index is -0.0670. The Kier molecular flexibility index (Phi) is 6.08. The van der Waals surface area contributed by atoms with Crippen molar-refractivity contribution in [2.75, 3.05) is 6.61 Å². The third kappa shape index (κ3) is 5.08. The van der Waals surface area contributed by atoms with Gasteiger partial charge in [0.15, 0.2) is 0 Å². The van der Waals surface area contributed by atoms with E-state index in [2.05, 4.69) is 10.3 Å². The minimum absolute atomic E-state index is 0.0670. The van der Waals surface area contributed by atoms with Gasteiger partial charge < -0.3 is 14.8 Å². The second-order valence-corrected chi connectivity index (χ2v) is 7.48. The molecular weight excluding hydrogens is 360 g/mol. The number of hydrogen-bond donors (Lipinski definition) is 1. The lowest BCUT2D eigenvalue weighted by molar-refractivity contribution is 0.0950. The van der Waals surface area contributed by atoms with Gasteiger partial charge in [0.1, 0.15) is 11.5 Å². The smallest absolute Gasteiger partial charge is 0.252 e. The van der Waals surface area contributed by atoms with E-state index in [1.807, 2.05) is 63.2 Å². The second-order valence-electron chi connectivity index (χ2n) is 6.02. The lowest BCUT2D eigenvalue weighted by Crippen LogP contribution is -2.22. The Bertz CT molecular complexity index is 919. The van der Waals surface area contributed by atoms with Crippen molar-refractivity contribution in [3.63, 3.8) is 0 Å². The van der Waals surface area contributed by atoms with Gasteiger partial charge in [0.05, 0.1) is 12.2 Å². The molecule has 27 heavy (non-hydrogen) atoms. The van der Waals surface area contributed by atoms with E-state index in [-0.39, 0.29) is 5.91 Å². The molecule has 3 rings (SSSR count). The molecule has 1 amide bonds. The summed E-state index contributed by atoms with van der Waals surface area (Å²) in [5.74, 6) is 1.89. The van der Waals surface area contributed by atoms with Crippen molar-refractivity contribution < 1.29 is 14.3 Å².